The molecule has 0 spiro atoms. The molecular weight excluding hydrogens is 392 g/mol. The lowest BCUT2D eigenvalue weighted by atomic mass is 9.82. The lowest BCUT2D eigenvalue weighted by Gasteiger charge is -2.30. The number of carbonyl (C=O) groups is 1. The Hall–Kier alpha value is -1.60. The summed E-state index contributed by atoms with van der Waals surface area (Å²) in [7, 11) is 3.05. The molecule has 0 fully saturated rings. The number of aromatic nitrogens is 2. The van der Waals surface area contributed by atoms with Crippen LogP contribution in [0.3, 0.4) is 0 Å². The molecule has 1 aromatic heterocycles. The Kier molecular flexibility index (Phi) is 6.23. The van der Waals surface area contributed by atoms with Crippen molar-refractivity contribution in [1.82, 2.24) is 9.97 Å². The molecule has 0 amide bonds. The number of hydrogen-bond acceptors (Lipinski definition) is 6. The molecule has 1 unspecified atom stereocenters. The molecule has 1 heterocycles. The van der Waals surface area contributed by atoms with Crippen LogP contribution in [0, 0.1) is 0 Å². The molecule has 1 atom stereocenters. The number of methoxy groups -OCH3 is 2. The van der Waals surface area contributed by atoms with Gasteiger partial charge in [0.2, 0.25) is 11.8 Å². The van der Waals surface area contributed by atoms with Crippen molar-refractivity contribution < 1.29 is 14.3 Å². The molecule has 0 aliphatic heterocycles. The molecule has 7 heteroatoms. The molecule has 5 nitrogen and oxygen atoms in total. The Bertz CT molecular complexity index is 702. The molecule has 0 bridgehead atoms. The van der Waals surface area contributed by atoms with Gasteiger partial charge in [-0.15, -0.1) is 0 Å². The average Bonchev–Trinajstić information content (AvgIpc) is 2.59. The first-order valence-electron chi connectivity index (χ1n) is 7.25. The minimum absolute atomic E-state index is 0.372. The average molecular weight is 411 g/mol. The van der Waals surface area contributed by atoms with Gasteiger partial charge >= 0.3 is 0 Å². The third-order valence-corrected chi connectivity index (χ3v) is 5.55. The Labute approximate surface area is 154 Å². The minimum Gasteiger partial charge on any atom is -0.481 e. The number of thioether (sulfide) groups is 1. The Morgan fingerprint density at radius 2 is 1.79 bits per heavy atom. The summed E-state index contributed by atoms with van der Waals surface area (Å²) in [6.07, 6.45) is 0.931. The van der Waals surface area contributed by atoms with Gasteiger partial charge < -0.3 is 14.3 Å². The SMILES string of the molecule is COc1cc(OC)nc(SC(C=O)C(C)(C)c2cccc(Br)c2)n1. The van der Waals surface area contributed by atoms with Crippen LogP contribution in [0.2, 0.25) is 0 Å². The Morgan fingerprint density at radius 3 is 2.29 bits per heavy atom. The summed E-state index contributed by atoms with van der Waals surface area (Å²) in [5.74, 6) is 0.795. The van der Waals surface area contributed by atoms with E-state index in [-0.39, 0.29) is 5.25 Å². The molecule has 0 radical (unpaired) electrons. The van der Waals surface area contributed by atoms with Gasteiger partial charge in [-0.25, -0.2) is 0 Å². The van der Waals surface area contributed by atoms with E-state index in [0.717, 1.165) is 16.3 Å². The quantitative estimate of drug-likeness (QED) is 0.391. The second kappa shape index (κ2) is 7.98. The number of carbonyl (C=O) groups excluding carboxylic acids is 1. The number of aldehydes is 1. The van der Waals surface area contributed by atoms with Crippen LogP contribution in [0.1, 0.15) is 19.4 Å². The van der Waals surface area contributed by atoms with Crippen molar-refractivity contribution >= 4 is 34.0 Å². The third-order valence-electron chi connectivity index (χ3n) is 3.71. The predicted octanol–water partition coefficient (Wildman–Crippen LogP) is 3.89. The van der Waals surface area contributed by atoms with Crippen molar-refractivity contribution in [1.29, 1.82) is 0 Å². The third kappa shape index (κ3) is 4.27. The van der Waals surface area contributed by atoms with Crippen LogP contribution in [0.25, 0.3) is 0 Å². The van der Waals surface area contributed by atoms with Crippen LogP contribution in [0.5, 0.6) is 11.8 Å². The van der Waals surface area contributed by atoms with Gasteiger partial charge in [0, 0.05) is 9.89 Å². The van der Waals surface area contributed by atoms with Crippen LogP contribution in [-0.4, -0.2) is 35.7 Å². The smallest absolute Gasteiger partial charge is 0.220 e. The summed E-state index contributed by atoms with van der Waals surface area (Å²) < 4.78 is 11.3. The summed E-state index contributed by atoms with van der Waals surface area (Å²) in [6, 6.07) is 9.54. The zero-order valence-corrected chi connectivity index (χ0v) is 16.3. The number of hydrogen-bond donors (Lipinski definition) is 0. The molecule has 0 saturated carbocycles. The Morgan fingerprint density at radius 1 is 1.17 bits per heavy atom. The largest absolute Gasteiger partial charge is 0.481 e. The topological polar surface area (TPSA) is 61.3 Å². The molecule has 128 valence electrons. The number of nitrogens with zero attached hydrogens (tertiary/aromatic N) is 2. The fourth-order valence-electron chi connectivity index (χ4n) is 2.16. The monoisotopic (exact) mass is 410 g/mol. The maximum absolute atomic E-state index is 11.8. The molecule has 2 rings (SSSR count). The van der Waals surface area contributed by atoms with E-state index < -0.39 is 5.41 Å². The van der Waals surface area contributed by atoms with Gasteiger partial charge in [-0.2, -0.15) is 9.97 Å². The first kappa shape index (κ1) is 18.7. The van der Waals surface area contributed by atoms with E-state index in [4.69, 9.17) is 9.47 Å². The highest BCUT2D eigenvalue weighted by atomic mass is 79.9. The van der Waals surface area contributed by atoms with Gasteiger partial charge in [0.15, 0.2) is 5.16 Å². The van der Waals surface area contributed by atoms with E-state index in [1.165, 1.54) is 26.0 Å². The van der Waals surface area contributed by atoms with Crippen molar-refractivity contribution in [2.45, 2.75) is 29.7 Å². The summed E-state index contributed by atoms with van der Waals surface area (Å²) in [4.78, 5) is 20.4. The summed E-state index contributed by atoms with van der Waals surface area (Å²) in [5, 5.41) is 0.0648. The van der Waals surface area contributed by atoms with Crippen LogP contribution >= 0.6 is 27.7 Å². The highest BCUT2D eigenvalue weighted by Crippen LogP contribution is 2.37. The maximum Gasteiger partial charge on any atom is 0.220 e. The maximum atomic E-state index is 11.8. The summed E-state index contributed by atoms with van der Waals surface area (Å²) >= 11 is 4.77. The van der Waals surface area contributed by atoms with Crippen LogP contribution in [-0.2, 0) is 10.2 Å². The van der Waals surface area contributed by atoms with Gasteiger partial charge in [0.05, 0.1) is 25.5 Å². The first-order valence-corrected chi connectivity index (χ1v) is 8.93. The molecule has 0 N–H and O–H groups in total. The van der Waals surface area contributed by atoms with Crippen molar-refractivity contribution in [2.24, 2.45) is 0 Å². The normalized spacial score (nSPS) is 12.5. The zero-order valence-electron chi connectivity index (χ0n) is 13.9. The number of rotatable bonds is 7. The molecule has 24 heavy (non-hydrogen) atoms. The molecule has 0 aliphatic carbocycles. The molecule has 1 aromatic carbocycles. The van der Waals surface area contributed by atoms with Gasteiger partial charge in [0.25, 0.3) is 0 Å². The second-order valence-corrected chi connectivity index (χ2v) is 7.67. The van der Waals surface area contributed by atoms with Gasteiger partial charge in [-0.1, -0.05) is 53.7 Å². The highest BCUT2D eigenvalue weighted by molar-refractivity contribution is 9.10. The van der Waals surface area contributed by atoms with Crippen molar-refractivity contribution in [3.8, 4) is 11.8 Å². The molecule has 0 saturated heterocycles. The van der Waals surface area contributed by atoms with Crippen LogP contribution < -0.4 is 9.47 Å². The minimum atomic E-state index is -0.407. The van der Waals surface area contributed by atoms with Gasteiger partial charge in [-0.3, -0.25) is 0 Å². The standard InChI is InChI=1S/C17H19BrN2O3S/c1-17(2,11-6-5-7-12(18)8-11)13(10-21)24-16-19-14(22-3)9-15(20-16)23-4/h5-10,13H,1-4H3. The lowest BCUT2D eigenvalue weighted by molar-refractivity contribution is -0.108. The summed E-state index contributed by atoms with van der Waals surface area (Å²) in [5.41, 5.74) is 0.645. The van der Waals surface area contributed by atoms with Gasteiger partial charge in [-0.05, 0) is 17.7 Å². The molecule has 2 aromatic rings. The van der Waals surface area contributed by atoms with E-state index in [2.05, 4.69) is 25.9 Å². The van der Waals surface area contributed by atoms with Crippen LogP contribution in [0.15, 0.2) is 40.0 Å². The lowest BCUT2D eigenvalue weighted by Crippen LogP contribution is -2.32. The Balaban J connectivity index is 2.33. The fourth-order valence-corrected chi connectivity index (χ4v) is 3.56. The van der Waals surface area contributed by atoms with Crippen molar-refractivity contribution in [3.05, 3.63) is 40.4 Å². The number of ether oxygens (including phenoxy) is 2. The van der Waals surface area contributed by atoms with E-state index >= 15 is 0 Å². The van der Waals surface area contributed by atoms with E-state index in [1.807, 2.05) is 38.1 Å². The molecular formula is C17H19BrN2O3S. The fraction of sp³-hybridized carbons (Fsp3) is 0.353. The first-order chi connectivity index (χ1) is 11.4. The second-order valence-electron chi connectivity index (χ2n) is 5.64. The number of halogens is 1. The van der Waals surface area contributed by atoms with Gasteiger partial charge in [0.1, 0.15) is 6.29 Å². The van der Waals surface area contributed by atoms with E-state index in [9.17, 15) is 4.79 Å². The van der Waals surface area contributed by atoms with Crippen molar-refractivity contribution in [2.75, 3.05) is 14.2 Å². The predicted molar refractivity (Wildman–Crippen MR) is 98.0 cm³/mol. The van der Waals surface area contributed by atoms with E-state index in [0.29, 0.717) is 16.9 Å². The van der Waals surface area contributed by atoms with Crippen molar-refractivity contribution in [3.63, 3.8) is 0 Å². The summed E-state index contributed by atoms with van der Waals surface area (Å²) in [6.45, 7) is 4.05. The van der Waals surface area contributed by atoms with E-state index in [1.54, 1.807) is 6.07 Å². The van der Waals surface area contributed by atoms with Crippen LogP contribution in [0.4, 0.5) is 0 Å². The highest BCUT2D eigenvalue weighted by Gasteiger charge is 2.33. The zero-order chi connectivity index (χ0) is 17.7. The number of benzene rings is 1. The molecule has 0 aliphatic rings.